The summed E-state index contributed by atoms with van der Waals surface area (Å²) < 4.78 is 11.2. The van der Waals surface area contributed by atoms with Crippen LogP contribution in [0.3, 0.4) is 0 Å². The Hall–Kier alpha value is -1.33. The molecule has 6 N–H and O–H groups in total. The van der Waals surface area contributed by atoms with Crippen molar-refractivity contribution >= 4 is 5.91 Å². The number of aliphatic hydroxyl groups is 5. The second-order valence-corrected chi connectivity index (χ2v) is 16.5. The van der Waals surface area contributed by atoms with Crippen LogP contribution in [0, 0.1) is 0 Å². The minimum absolute atomic E-state index is 0.187. The number of amides is 1. The minimum atomic E-state index is -1.56. The van der Waals surface area contributed by atoms with E-state index >= 15 is 0 Å². The molecule has 0 saturated carbocycles. The summed E-state index contributed by atoms with van der Waals surface area (Å²) in [5.41, 5.74) is 0. The number of aliphatic hydroxyl groups excluding tert-OH is 5. The average Bonchev–Trinajstić information content (AvgIpc) is 3.20. The van der Waals surface area contributed by atoms with Gasteiger partial charge in [-0.2, -0.15) is 0 Å². The Balaban J connectivity index is 2.30. The molecule has 0 aliphatic carbocycles. The van der Waals surface area contributed by atoms with Crippen molar-refractivity contribution in [3.05, 3.63) is 24.3 Å². The molecule has 7 unspecified atom stereocenters. The number of allylic oxidation sites excluding steroid dienone is 3. The standard InChI is InChI=1S/C47H89NO8/c1-3-5-7-9-11-13-15-16-17-18-19-20-21-22-23-24-25-27-28-30-32-34-36-41(50)40(39-55-47-46(54)45(53)44(52)42(38-49)56-47)48-43(51)37-35-33-31-29-26-14-12-10-8-6-4-2/h10,12,34,36,40-42,44-47,49-50,52-54H,3-9,11,13-33,35,37-39H2,1-2H3,(H,48,51)/b12-10-,36-34+. The van der Waals surface area contributed by atoms with E-state index in [-0.39, 0.29) is 12.5 Å². The number of nitrogens with one attached hydrogen (secondary N) is 1. The van der Waals surface area contributed by atoms with Crippen molar-refractivity contribution in [2.45, 2.75) is 256 Å². The zero-order chi connectivity index (χ0) is 40.9. The van der Waals surface area contributed by atoms with Crippen molar-refractivity contribution in [2.24, 2.45) is 0 Å². The van der Waals surface area contributed by atoms with Gasteiger partial charge in [0.05, 0.1) is 25.4 Å². The lowest BCUT2D eigenvalue weighted by atomic mass is 9.99. The fraction of sp³-hybridized carbons (Fsp3) is 0.894. The maximum absolute atomic E-state index is 12.9. The van der Waals surface area contributed by atoms with E-state index in [1.807, 2.05) is 6.08 Å². The van der Waals surface area contributed by atoms with E-state index in [1.165, 1.54) is 128 Å². The molecule has 1 heterocycles. The Morgan fingerprint density at radius 1 is 0.589 bits per heavy atom. The van der Waals surface area contributed by atoms with Crippen molar-refractivity contribution in [1.82, 2.24) is 5.32 Å². The van der Waals surface area contributed by atoms with Gasteiger partial charge in [0, 0.05) is 6.42 Å². The van der Waals surface area contributed by atoms with Crippen molar-refractivity contribution in [3.8, 4) is 0 Å². The molecule has 7 atom stereocenters. The van der Waals surface area contributed by atoms with Gasteiger partial charge in [0.25, 0.3) is 0 Å². The maximum atomic E-state index is 12.9. The highest BCUT2D eigenvalue weighted by molar-refractivity contribution is 5.76. The molecule has 9 nitrogen and oxygen atoms in total. The largest absolute Gasteiger partial charge is 0.394 e. The molecule has 0 spiro atoms. The zero-order valence-electron chi connectivity index (χ0n) is 36.1. The predicted octanol–water partition coefficient (Wildman–Crippen LogP) is 9.89. The highest BCUT2D eigenvalue weighted by atomic mass is 16.7. The Labute approximate surface area is 343 Å². The molecular weight excluding hydrogens is 707 g/mol. The Morgan fingerprint density at radius 3 is 1.50 bits per heavy atom. The number of carbonyl (C=O) groups is 1. The molecular formula is C47H89NO8. The van der Waals surface area contributed by atoms with E-state index in [2.05, 4.69) is 31.3 Å². The summed E-state index contributed by atoms with van der Waals surface area (Å²) in [7, 11) is 0. The summed E-state index contributed by atoms with van der Waals surface area (Å²) in [6, 6.07) is -0.805. The normalized spacial score (nSPS) is 21.3. The Bertz CT molecular complexity index is 930. The zero-order valence-corrected chi connectivity index (χ0v) is 36.1. The van der Waals surface area contributed by atoms with Gasteiger partial charge in [-0.1, -0.05) is 192 Å². The number of rotatable bonds is 39. The first-order valence-electron chi connectivity index (χ1n) is 23.6. The van der Waals surface area contributed by atoms with Gasteiger partial charge in [-0.3, -0.25) is 4.79 Å². The second kappa shape index (κ2) is 37.9. The van der Waals surface area contributed by atoms with Crippen LogP contribution in [0.2, 0.25) is 0 Å². The van der Waals surface area contributed by atoms with Gasteiger partial charge in [-0.15, -0.1) is 0 Å². The summed E-state index contributed by atoms with van der Waals surface area (Å²) >= 11 is 0. The van der Waals surface area contributed by atoms with Gasteiger partial charge in [0.1, 0.15) is 24.4 Å². The van der Waals surface area contributed by atoms with E-state index in [0.29, 0.717) is 6.42 Å². The lowest BCUT2D eigenvalue weighted by molar-refractivity contribution is -0.302. The highest BCUT2D eigenvalue weighted by Crippen LogP contribution is 2.23. The van der Waals surface area contributed by atoms with Crippen LogP contribution >= 0.6 is 0 Å². The first kappa shape index (κ1) is 52.7. The summed E-state index contributed by atoms with van der Waals surface area (Å²) in [5, 5.41) is 54.1. The molecule has 1 amide bonds. The fourth-order valence-electron chi connectivity index (χ4n) is 7.43. The van der Waals surface area contributed by atoms with Crippen LogP contribution in [0.1, 0.15) is 213 Å². The lowest BCUT2D eigenvalue weighted by Gasteiger charge is -2.40. The SMILES string of the molecule is CCCC/C=C\CCCCCCCC(=O)NC(COC1OC(CO)C(O)C(O)C1O)C(O)/C=C/CCCCCCCCCCCCCCCCCCCCCC. The smallest absolute Gasteiger partial charge is 0.220 e. The maximum Gasteiger partial charge on any atom is 0.220 e. The van der Waals surface area contributed by atoms with E-state index in [0.717, 1.165) is 64.2 Å². The number of hydrogen-bond acceptors (Lipinski definition) is 8. The highest BCUT2D eigenvalue weighted by Gasteiger charge is 2.44. The van der Waals surface area contributed by atoms with Crippen LogP contribution in [0.25, 0.3) is 0 Å². The average molecular weight is 796 g/mol. The fourth-order valence-corrected chi connectivity index (χ4v) is 7.43. The van der Waals surface area contributed by atoms with E-state index in [1.54, 1.807) is 6.08 Å². The predicted molar refractivity (Wildman–Crippen MR) is 230 cm³/mol. The van der Waals surface area contributed by atoms with E-state index in [9.17, 15) is 30.3 Å². The molecule has 0 aromatic carbocycles. The number of carbonyl (C=O) groups excluding carboxylic acids is 1. The molecule has 1 rings (SSSR count). The van der Waals surface area contributed by atoms with Gasteiger partial charge in [0.15, 0.2) is 6.29 Å². The molecule has 1 fully saturated rings. The van der Waals surface area contributed by atoms with Gasteiger partial charge in [0.2, 0.25) is 5.91 Å². The van der Waals surface area contributed by atoms with Gasteiger partial charge >= 0.3 is 0 Å². The molecule has 0 radical (unpaired) electrons. The van der Waals surface area contributed by atoms with Crippen LogP contribution < -0.4 is 5.32 Å². The Kier molecular flexibility index (Phi) is 35.7. The van der Waals surface area contributed by atoms with Crippen molar-refractivity contribution in [3.63, 3.8) is 0 Å². The third-order valence-corrected chi connectivity index (χ3v) is 11.3. The summed E-state index contributed by atoms with van der Waals surface area (Å²) in [4.78, 5) is 12.9. The summed E-state index contributed by atoms with van der Waals surface area (Å²) in [5.74, 6) is -0.187. The first-order chi connectivity index (χ1) is 27.3. The van der Waals surface area contributed by atoms with Gasteiger partial charge in [-0.05, 0) is 38.5 Å². The quantitative estimate of drug-likeness (QED) is 0.0266. The van der Waals surface area contributed by atoms with Crippen molar-refractivity contribution in [2.75, 3.05) is 13.2 Å². The minimum Gasteiger partial charge on any atom is -0.394 e. The molecule has 1 aliphatic rings. The molecule has 330 valence electrons. The van der Waals surface area contributed by atoms with Crippen LogP contribution in [0.4, 0.5) is 0 Å². The molecule has 0 aromatic heterocycles. The van der Waals surface area contributed by atoms with Gasteiger partial charge < -0.3 is 40.3 Å². The number of hydrogen-bond donors (Lipinski definition) is 6. The monoisotopic (exact) mass is 796 g/mol. The van der Waals surface area contributed by atoms with Crippen molar-refractivity contribution in [1.29, 1.82) is 0 Å². The molecule has 1 saturated heterocycles. The van der Waals surface area contributed by atoms with Crippen LogP contribution in [-0.2, 0) is 14.3 Å². The molecule has 1 aliphatic heterocycles. The van der Waals surface area contributed by atoms with Crippen LogP contribution in [0.15, 0.2) is 24.3 Å². The van der Waals surface area contributed by atoms with Gasteiger partial charge in [-0.25, -0.2) is 0 Å². The topological polar surface area (TPSA) is 149 Å². The van der Waals surface area contributed by atoms with Crippen molar-refractivity contribution < 1.29 is 39.8 Å². The molecule has 0 aromatic rings. The van der Waals surface area contributed by atoms with Crippen LogP contribution in [-0.4, -0.2) is 87.5 Å². The van der Waals surface area contributed by atoms with Crippen LogP contribution in [0.5, 0.6) is 0 Å². The van der Waals surface area contributed by atoms with E-state index in [4.69, 9.17) is 9.47 Å². The third-order valence-electron chi connectivity index (χ3n) is 11.3. The van der Waals surface area contributed by atoms with E-state index < -0.39 is 49.5 Å². The summed E-state index contributed by atoms with van der Waals surface area (Å²) in [6.45, 7) is 3.73. The Morgan fingerprint density at radius 2 is 1.02 bits per heavy atom. The molecule has 0 bridgehead atoms. The second-order valence-electron chi connectivity index (χ2n) is 16.5. The number of ether oxygens (including phenoxy) is 2. The summed E-state index contributed by atoms with van der Waals surface area (Å²) in [6.07, 6.45) is 38.0. The molecule has 56 heavy (non-hydrogen) atoms. The lowest BCUT2D eigenvalue weighted by Crippen LogP contribution is -2.60. The first-order valence-corrected chi connectivity index (χ1v) is 23.6. The molecule has 9 heteroatoms. The third kappa shape index (κ3) is 28.2. The number of unbranched alkanes of at least 4 members (excludes halogenated alkanes) is 27.